The highest BCUT2D eigenvalue weighted by Crippen LogP contribution is 2.12. The molecule has 1 aliphatic rings. The number of nitrogens with one attached hydrogen (secondary N) is 2. The van der Waals surface area contributed by atoms with E-state index in [1.165, 1.54) is 5.52 Å². The van der Waals surface area contributed by atoms with Crippen molar-refractivity contribution in [2.24, 2.45) is 10.9 Å². The second kappa shape index (κ2) is 10.9. The minimum Gasteiger partial charge on any atom is -0.381 e. The highest BCUT2D eigenvalue weighted by atomic mass is 16.5. The molecule has 1 unspecified atom stereocenters. The van der Waals surface area contributed by atoms with Crippen LogP contribution in [-0.2, 0) is 16.0 Å². The molecular weight excluding hydrogens is 342 g/mol. The predicted molar refractivity (Wildman–Crippen MR) is 108 cm³/mol. The number of benzene rings is 1. The fraction of sp³-hybridized carbons (Fsp3) is 0.600. The molecule has 1 atom stereocenters. The smallest absolute Gasteiger partial charge is 0.190 e. The highest BCUT2D eigenvalue weighted by Gasteiger charge is 2.15. The number of ether oxygens (including phenoxy) is 2. The lowest BCUT2D eigenvalue weighted by Gasteiger charge is -2.13. The molecule has 148 valence electrons. The van der Waals surface area contributed by atoms with E-state index < -0.39 is 0 Å². The van der Waals surface area contributed by atoms with Gasteiger partial charge in [0.1, 0.15) is 0 Å². The van der Waals surface area contributed by atoms with Crippen LogP contribution in [0.15, 0.2) is 35.6 Å². The van der Waals surface area contributed by atoms with Crippen molar-refractivity contribution >= 4 is 17.0 Å². The molecule has 0 spiro atoms. The lowest BCUT2D eigenvalue weighted by Crippen LogP contribution is -2.38. The van der Waals surface area contributed by atoms with Crippen LogP contribution in [0.5, 0.6) is 0 Å². The monoisotopic (exact) mass is 373 g/mol. The molecule has 1 aromatic carbocycles. The van der Waals surface area contributed by atoms with Gasteiger partial charge in [-0.15, -0.1) is 0 Å². The number of aryl methyl sites for hydroxylation is 1. The third-order valence-corrected chi connectivity index (χ3v) is 4.75. The topological polar surface area (TPSA) is 72.7 Å². The van der Waals surface area contributed by atoms with Gasteiger partial charge in [-0.3, -0.25) is 4.99 Å². The number of aliphatic imine (C=N–C) groups is 1. The minimum atomic E-state index is 0.583. The molecule has 7 nitrogen and oxygen atoms in total. The van der Waals surface area contributed by atoms with Gasteiger partial charge < -0.3 is 24.7 Å². The summed E-state index contributed by atoms with van der Waals surface area (Å²) in [6.45, 7) is 5.98. The van der Waals surface area contributed by atoms with E-state index in [4.69, 9.17) is 9.47 Å². The Bertz CT molecular complexity index is 709. The number of nitrogens with zero attached hydrogens (tertiary/aromatic N) is 3. The number of imidazole rings is 1. The van der Waals surface area contributed by atoms with Crippen LogP contribution in [0.2, 0.25) is 0 Å². The predicted octanol–water partition coefficient (Wildman–Crippen LogP) is 2.03. The lowest BCUT2D eigenvalue weighted by molar-refractivity contribution is 0.0888. The third kappa shape index (κ3) is 6.22. The Morgan fingerprint density at radius 3 is 2.96 bits per heavy atom. The molecule has 0 amide bonds. The summed E-state index contributed by atoms with van der Waals surface area (Å²) < 4.78 is 13.3. The molecule has 7 heteroatoms. The molecule has 3 rings (SSSR count). The van der Waals surface area contributed by atoms with Crippen LogP contribution in [0.3, 0.4) is 0 Å². The average Bonchev–Trinajstić information content (AvgIpc) is 3.36. The van der Waals surface area contributed by atoms with Crippen molar-refractivity contribution in [3.8, 4) is 0 Å². The zero-order valence-electron chi connectivity index (χ0n) is 16.2. The maximum absolute atomic E-state index is 5.72. The molecule has 2 N–H and O–H groups in total. The van der Waals surface area contributed by atoms with Crippen LogP contribution < -0.4 is 10.6 Å². The molecule has 1 saturated heterocycles. The molecule has 0 saturated carbocycles. The van der Waals surface area contributed by atoms with Crippen LogP contribution in [0.4, 0.5) is 0 Å². The number of para-hydroxylation sites is 2. The summed E-state index contributed by atoms with van der Waals surface area (Å²) in [5.74, 6) is 1.43. The van der Waals surface area contributed by atoms with E-state index in [9.17, 15) is 0 Å². The van der Waals surface area contributed by atoms with Gasteiger partial charge in [0.25, 0.3) is 0 Å². The second-order valence-corrected chi connectivity index (χ2v) is 6.86. The fourth-order valence-electron chi connectivity index (χ4n) is 3.21. The van der Waals surface area contributed by atoms with Crippen molar-refractivity contribution in [3.63, 3.8) is 0 Å². The van der Waals surface area contributed by atoms with E-state index in [0.717, 1.165) is 76.8 Å². The van der Waals surface area contributed by atoms with E-state index in [0.29, 0.717) is 5.92 Å². The fourth-order valence-corrected chi connectivity index (χ4v) is 3.21. The first kappa shape index (κ1) is 19.6. The number of hydrogen-bond acceptors (Lipinski definition) is 4. The summed E-state index contributed by atoms with van der Waals surface area (Å²) in [5.41, 5.74) is 2.23. The Balaban J connectivity index is 1.24. The van der Waals surface area contributed by atoms with E-state index in [1.807, 2.05) is 18.5 Å². The summed E-state index contributed by atoms with van der Waals surface area (Å²) >= 11 is 0. The maximum Gasteiger partial charge on any atom is 0.190 e. The standard InChI is InChI=1S/C20H31N5O2/c1-21-20(23-10-5-12-26-14-17-8-13-27-15-17)22-9-4-11-25-16-24-18-6-2-3-7-19(18)25/h2-3,6-7,16-17H,4-5,8-15H2,1H3,(H2,21,22,23). The van der Waals surface area contributed by atoms with E-state index in [1.54, 1.807) is 7.05 Å². The normalized spacial score (nSPS) is 17.5. The SMILES string of the molecule is CN=C(NCCCOCC1CCOC1)NCCCn1cnc2ccccc21. The largest absolute Gasteiger partial charge is 0.381 e. The van der Waals surface area contributed by atoms with Crippen LogP contribution in [0, 0.1) is 5.92 Å². The van der Waals surface area contributed by atoms with Gasteiger partial charge in [0.15, 0.2) is 5.96 Å². The van der Waals surface area contributed by atoms with Crippen molar-refractivity contribution in [2.45, 2.75) is 25.8 Å². The molecular formula is C20H31N5O2. The minimum absolute atomic E-state index is 0.583. The zero-order valence-corrected chi connectivity index (χ0v) is 16.2. The Morgan fingerprint density at radius 1 is 1.30 bits per heavy atom. The van der Waals surface area contributed by atoms with Crippen LogP contribution in [-0.4, -0.2) is 62.1 Å². The summed E-state index contributed by atoms with van der Waals surface area (Å²) in [6.07, 6.45) is 5.02. The van der Waals surface area contributed by atoms with E-state index >= 15 is 0 Å². The lowest BCUT2D eigenvalue weighted by atomic mass is 10.1. The van der Waals surface area contributed by atoms with Crippen molar-refractivity contribution in [2.75, 3.05) is 46.6 Å². The molecule has 2 aromatic rings. The van der Waals surface area contributed by atoms with Gasteiger partial charge in [0, 0.05) is 45.8 Å². The number of rotatable bonds is 10. The summed E-state index contributed by atoms with van der Waals surface area (Å²) in [4.78, 5) is 8.70. The van der Waals surface area contributed by atoms with Gasteiger partial charge in [0.2, 0.25) is 0 Å². The Hall–Kier alpha value is -2.12. The van der Waals surface area contributed by atoms with Crippen molar-refractivity contribution < 1.29 is 9.47 Å². The van der Waals surface area contributed by atoms with Gasteiger partial charge >= 0.3 is 0 Å². The Morgan fingerprint density at radius 2 is 2.15 bits per heavy atom. The van der Waals surface area contributed by atoms with Gasteiger partial charge in [-0.25, -0.2) is 4.98 Å². The number of guanidine groups is 1. The highest BCUT2D eigenvalue weighted by molar-refractivity contribution is 5.79. The second-order valence-electron chi connectivity index (χ2n) is 6.86. The number of fused-ring (bicyclic) bond motifs is 1. The molecule has 1 fully saturated rings. The zero-order chi connectivity index (χ0) is 18.7. The van der Waals surface area contributed by atoms with Gasteiger partial charge in [0.05, 0.1) is 30.6 Å². The first-order valence-corrected chi connectivity index (χ1v) is 9.86. The number of hydrogen-bond donors (Lipinski definition) is 2. The molecule has 1 aromatic heterocycles. The molecule has 0 bridgehead atoms. The van der Waals surface area contributed by atoms with Crippen molar-refractivity contribution in [1.82, 2.24) is 20.2 Å². The third-order valence-electron chi connectivity index (χ3n) is 4.75. The molecule has 2 heterocycles. The average molecular weight is 374 g/mol. The van der Waals surface area contributed by atoms with Crippen LogP contribution in [0.1, 0.15) is 19.3 Å². The summed E-state index contributed by atoms with van der Waals surface area (Å²) in [6, 6.07) is 8.22. The first-order valence-electron chi connectivity index (χ1n) is 9.86. The van der Waals surface area contributed by atoms with Gasteiger partial charge in [-0.2, -0.15) is 0 Å². The van der Waals surface area contributed by atoms with Crippen molar-refractivity contribution in [3.05, 3.63) is 30.6 Å². The van der Waals surface area contributed by atoms with Gasteiger partial charge in [-0.05, 0) is 31.4 Å². The Kier molecular flexibility index (Phi) is 7.92. The first-order chi connectivity index (χ1) is 13.4. The maximum atomic E-state index is 5.72. The molecule has 0 aliphatic carbocycles. The molecule has 1 aliphatic heterocycles. The van der Waals surface area contributed by atoms with Crippen LogP contribution >= 0.6 is 0 Å². The Labute approximate surface area is 161 Å². The van der Waals surface area contributed by atoms with Gasteiger partial charge in [-0.1, -0.05) is 12.1 Å². The van der Waals surface area contributed by atoms with E-state index in [2.05, 4.69) is 37.3 Å². The quantitative estimate of drug-likeness (QED) is 0.379. The summed E-state index contributed by atoms with van der Waals surface area (Å²) in [7, 11) is 1.80. The summed E-state index contributed by atoms with van der Waals surface area (Å²) in [5, 5.41) is 6.70. The van der Waals surface area contributed by atoms with Crippen LogP contribution in [0.25, 0.3) is 11.0 Å². The number of aromatic nitrogens is 2. The van der Waals surface area contributed by atoms with Crippen molar-refractivity contribution in [1.29, 1.82) is 0 Å². The molecule has 0 radical (unpaired) electrons. The van der Waals surface area contributed by atoms with E-state index in [-0.39, 0.29) is 0 Å². The molecule has 27 heavy (non-hydrogen) atoms.